The number of carbonyl (C=O) groups is 1. The van der Waals surface area contributed by atoms with E-state index in [4.69, 9.17) is 0 Å². The Hall–Kier alpha value is -2.59. The van der Waals surface area contributed by atoms with Crippen molar-refractivity contribution < 1.29 is 4.79 Å². The summed E-state index contributed by atoms with van der Waals surface area (Å²) >= 11 is 0. The second-order valence-electron chi connectivity index (χ2n) is 6.70. The fourth-order valence-electron chi connectivity index (χ4n) is 3.77. The highest BCUT2D eigenvalue weighted by atomic mass is 16.1. The quantitative estimate of drug-likeness (QED) is 0.799. The maximum absolute atomic E-state index is 12.3. The first-order chi connectivity index (χ1) is 12.2. The lowest BCUT2D eigenvalue weighted by Gasteiger charge is -2.35. The van der Waals surface area contributed by atoms with Gasteiger partial charge in [0, 0.05) is 38.0 Å². The van der Waals surface area contributed by atoms with E-state index in [0.717, 1.165) is 42.8 Å². The molecule has 25 heavy (non-hydrogen) atoms. The number of nitrogens with zero attached hydrogens (tertiary/aromatic N) is 2. The molecule has 0 aliphatic carbocycles. The van der Waals surface area contributed by atoms with Gasteiger partial charge < -0.3 is 10.2 Å². The number of hydrogen-bond donors (Lipinski definition) is 1. The van der Waals surface area contributed by atoms with Gasteiger partial charge in [-0.15, -0.1) is 0 Å². The van der Waals surface area contributed by atoms with Crippen molar-refractivity contribution in [1.29, 1.82) is 0 Å². The molecule has 1 aromatic heterocycles. The summed E-state index contributed by atoms with van der Waals surface area (Å²) in [7, 11) is 0. The summed E-state index contributed by atoms with van der Waals surface area (Å²) in [5.74, 6) is 1.07. The lowest BCUT2D eigenvalue weighted by Crippen LogP contribution is -2.52. The fraction of sp³-hybridized carbons (Fsp3) is 0.286. The molecule has 1 aliphatic rings. The Balaban J connectivity index is 1.62. The number of aromatic nitrogens is 1. The minimum atomic E-state index is 0.0642. The van der Waals surface area contributed by atoms with E-state index >= 15 is 0 Å². The van der Waals surface area contributed by atoms with E-state index in [2.05, 4.69) is 52.7 Å². The summed E-state index contributed by atoms with van der Waals surface area (Å²) in [5, 5.41) is 4.73. The van der Waals surface area contributed by atoms with E-state index in [9.17, 15) is 4.79 Å². The van der Waals surface area contributed by atoms with Gasteiger partial charge in [0.1, 0.15) is 5.82 Å². The van der Waals surface area contributed by atoms with Crippen molar-refractivity contribution in [1.82, 2.24) is 9.88 Å². The third-order valence-corrected chi connectivity index (χ3v) is 4.91. The summed E-state index contributed by atoms with van der Waals surface area (Å²) in [4.78, 5) is 14.6. The molecule has 128 valence electrons. The summed E-state index contributed by atoms with van der Waals surface area (Å²) in [6.07, 6.45) is 0.998. The number of anilines is 1. The van der Waals surface area contributed by atoms with Crippen molar-refractivity contribution in [2.45, 2.75) is 19.4 Å². The SMILES string of the molecule is CC(=O)n1c(N2CCNC(Cc3ccccc3)C2)cc2ccccc21. The van der Waals surface area contributed by atoms with Crippen molar-refractivity contribution >= 4 is 22.6 Å². The van der Waals surface area contributed by atoms with Crippen molar-refractivity contribution in [2.24, 2.45) is 0 Å². The average Bonchev–Trinajstić information content (AvgIpc) is 3.03. The second kappa shape index (κ2) is 6.73. The third-order valence-electron chi connectivity index (χ3n) is 4.91. The van der Waals surface area contributed by atoms with Crippen LogP contribution in [0.5, 0.6) is 0 Å². The van der Waals surface area contributed by atoms with Gasteiger partial charge in [0.15, 0.2) is 0 Å². The normalized spacial score (nSPS) is 17.8. The predicted molar refractivity (Wildman–Crippen MR) is 102 cm³/mol. The topological polar surface area (TPSA) is 37.3 Å². The van der Waals surface area contributed by atoms with Crippen LogP contribution in [0.4, 0.5) is 5.82 Å². The maximum Gasteiger partial charge on any atom is 0.229 e. The van der Waals surface area contributed by atoms with E-state index in [1.54, 1.807) is 6.92 Å². The Morgan fingerprint density at radius 3 is 2.68 bits per heavy atom. The minimum absolute atomic E-state index is 0.0642. The molecule has 3 aromatic rings. The zero-order valence-electron chi connectivity index (χ0n) is 14.5. The Kier molecular flexibility index (Phi) is 4.28. The van der Waals surface area contributed by atoms with Crippen LogP contribution in [-0.4, -0.2) is 36.2 Å². The monoisotopic (exact) mass is 333 g/mol. The van der Waals surface area contributed by atoms with Crippen molar-refractivity contribution in [3.8, 4) is 0 Å². The average molecular weight is 333 g/mol. The molecular formula is C21H23N3O. The Labute approximate surface area is 148 Å². The largest absolute Gasteiger partial charge is 0.355 e. The molecule has 0 spiro atoms. The number of para-hydroxylation sites is 1. The molecule has 4 heteroatoms. The van der Waals surface area contributed by atoms with Gasteiger partial charge in [-0.3, -0.25) is 9.36 Å². The summed E-state index contributed by atoms with van der Waals surface area (Å²) in [6, 6.07) is 21.2. The molecular weight excluding hydrogens is 310 g/mol. The molecule has 0 radical (unpaired) electrons. The Morgan fingerprint density at radius 2 is 1.88 bits per heavy atom. The highest BCUT2D eigenvalue weighted by Gasteiger charge is 2.24. The Morgan fingerprint density at radius 1 is 1.12 bits per heavy atom. The van der Waals surface area contributed by atoms with Gasteiger partial charge in [-0.1, -0.05) is 48.5 Å². The van der Waals surface area contributed by atoms with Crippen LogP contribution in [0.25, 0.3) is 10.9 Å². The molecule has 0 amide bonds. The van der Waals surface area contributed by atoms with Gasteiger partial charge in [0.05, 0.1) is 5.52 Å². The van der Waals surface area contributed by atoms with Gasteiger partial charge in [-0.05, 0) is 24.1 Å². The fourth-order valence-corrected chi connectivity index (χ4v) is 3.77. The molecule has 0 bridgehead atoms. The van der Waals surface area contributed by atoms with Gasteiger partial charge in [-0.2, -0.15) is 0 Å². The molecule has 1 N–H and O–H groups in total. The van der Waals surface area contributed by atoms with Crippen LogP contribution < -0.4 is 10.2 Å². The molecule has 1 atom stereocenters. The van der Waals surface area contributed by atoms with Crippen LogP contribution in [0.3, 0.4) is 0 Å². The van der Waals surface area contributed by atoms with Crippen molar-refractivity contribution in [3.63, 3.8) is 0 Å². The number of rotatable bonds is 3. The van der Waals surface area contributed by atoms with Crippen molar-refractivity contribution in [3.05, 3.63) is 66.2 Å². The number of nitrogens with one attached hydrogen (secondary N) is 1. The first kappa shape index (κ1) is 15.9. The summed E-state index contributed by atoms with van der Waals surface area (Å²) in [5.41, 5.74) is 2.33. The number of hydrogen-bond acceptors (Lipinski definition) is 3. The molecule has 1 aliphatic heterocycles. The number of piperazine rings is 1. The van der Waals surface area contributed by atoms with Gasteiger partial charge in [-0.25, -0.2) is 0 Å². The smallest absolute Gasteiger partial charge is 0.229 e. The zero-order chi connectivity index (χ0) is 17.2. The lowest BCUT2D eigenvalue weighted by atomic mass is 10.0. The molecule has 0 saturated carbocycles. The van der Waals surface area contributed by atoms with Crippen LogP contribution in [0, 0.1) is 0 Å². The highest BCUT2D eigenvalue weighted by Crippen LogP contribution is 2.27. The van der Waals surface area contributed by atoms with E-state index in [1.165, 1.54) is 5.56 Å². The zero-order valence-corrected chi connectivity index (χ0v) is 14.5. The summed E-state index contributed by atoms with van der Waals surface area (Å²) < 4.78 is 1.85. The lowest BCUT2D eigenvalue weighted by molar-refractivity contribution is 0.0942. The van der Waals surface area contributed by atoms with Crippen LogP contribution in [0.15, 0.2) is 60.7 Å². The number of carbonyl (C=O) groups excluding carboxylic acids is 1. The van der Waals surface area contributed by atoms with E-state index in [-0.39, 0.29) is 5.91 Å². The maximum atomic E-state index is 12.3. The van der Waals surface area contributed by atoms with Crippen LogP contribution >= 0.6 is 0 Å². The third kappa shape index (κ3) is 3.17. The second-order valence-corrected chi connectivity index (χ2v) is 6.70. The van der Waals surface area contributed by atoms with Crippen molar-refractivity contribution in [2.75, 3.05) is 24.5 Å². The van der Waals surface area contributed by atoms with Crippen LogP contribution in [0.2, 0.25) is 0 Å². The molecule has 4 nitrogen and oxygen atoms in total. The number of benzene rings is 2. The van der Waals surface area contributed by atoms with Gasteiger partial charge in [0.25, 0.3) is 0 Å². The molecule has 1 unspecified atom stereocenters. The first-order valence-corrected chi connectivity index (χ1v) is 8.86. The molecule has 4 rings (SSSR count). The van der Waals surface area contributed by atoms with Gasteiger partial charge >= 0.3 is 0 Å². The standard InChI is InChI=1S/C21H23N3O/c1-16(25)24-20-10-6-5-9-18(20)14-21(24)23-12-11-22-19(15-23)13-17-7-3-2-4-8-17/h2-10,14,19,22H,11-13,15H2,1H3. The highest BCUT2D eigenvalue weighted by molar-refractivity contribution is 5.96. The van der Waals surface area contributed by atoms with Crippen LogP contribution in [-0.2, 0) is 6.42 Å². The predicted octanol–water partition coefficient (Wildman–Crippen LogP) is 3.32. The molecule has 2 heterocycles. The van der Waals surface area contributed by atoms with E-state index in [0.29, 0.717) is 6.04 Å². The Bertz CT molecular complexity index is 885. The molecule has 1 fully saturated rings. The summed E-state index contributed by atoms with van der Waals surface area (Å²) in [6.45, 7) is 4.38. The van der Waals surface area contributed by atoms with Crippen LogP contribution in [0.1, 0.15) is 17.3 Å². The minimum Gasteiger partial charge on any atom is -0.355 e. The molecule has 2 aromatic carbocycles. The van der Waals surface area contributed by atoms with E-state index in [1.807, 2.05) is 22.8 Å². The van der Waals surface area contributed by atoms with Gasteiger partial charge in [0.2, 0.25) is 5.91 Å². The van der Waals surface area contributed by atoms with E-state index < -0.39 is 0 Å². The number of fused-ring (bicyclic) bond motifs is 1. The molecule has 1 saturated heterocycles. The first-order valence-electron chi connectivity index (χ1n) is 8.86.